The van der Waals surface area contributed by atoms with Crippen molar-refractivity contribution in [2.45, 2.75) is 0 Å². The zero-order chi connectivity index (χ0) is 7.49. The molecule has 0 unspecified atom stereocenters. The predicted octanol–water partition coefficient (Wildman–Crippen LogP) is -0.953. The zero-order valence-electron chi connectivity index (χ0n) is 4.70. The van der Waals surface area contributed by atoms with E-state index in [0.717, 1.165) is 7.11 Å². The van der Waals surface area contributed by atoms with Gasteiger partial charge in [-0.25, -0.2) is 0 Å². The van der Waals surface area contributed by atoms with Crippen molar-refractivity contribution in [3.05, 3.63) is 0 Å². The first-order chi connectivity index (χ1) is 3.98. The van der Waals surface area contributed by atoms with Crippen LogP contribution in [0.3, 0.4) is 0 Å². The van der Waals surface area contributed by atoms with Crippen LogP contribution in [0, 0.1) is 0 Å². The number of hydrogen-bond donors (Lipinski definition) is 1. The highest BCUT2D eigenvalue weighted by Crippen LogP contribution is 1.87. The van der Waals surface area contributed by atoms with Crippen molar-refractivity contribution in [2.24, 2.45) is 0 Å². The molecule has 0 aromatic carbocycles. The van der Waals surface area contributed by atoms with Gasteiger partial charge in [0.25, 0.3) is 10.1 Å². The molecule has 0 saturated heterocycles. The van der Waals surface area contributed by atoms with Crippen LogP contribution in [0.5, 0.6) is 0 Å². The number of carboxylic acids is 1. The summed E-state index contributed by atoms with van der Waals surface area (Å²) in [7, 11) is -2.90. The van der Waals surface area contributed by atoms with Crippen LogP contribution in [0.15, 0.2) is 0 Å². The van der Waals surface area contributed by atoms with E-state index in [-0.39, 0.29) is 0 Å². The maximum Gasteiger partial charge on any atom is 0.321 e. The maximum absolute atomic E-state index is 10.2. The normalized spacial score (nSPS) is 11.2. The third-order valence-corrected chi connectivity index (χ3v) is 1.66. The Morgan fingerprint density at radius 2 is 2.11 bits per heavy atom. The monoisotopic (exact) mass is 154 g/mol. The molecule has 0 spiro atoms. The smallest absolute Gasteiger partial charge is 0.321 e. The lowest BCUT2D eigenvalue weighted by atomic mass is 10.8. The van der Waals surface area contributed by atoms with Crippen molar-refractivity contribution in [1.29, 1.82) is 0 Å². The van der Waals surface area contributed by atoms with Gasteiger partial charge in [-0.3, -0.25) is 8.98 Å². The maximum atomic E-state index is 10.2. The summed E-state index contributed by atoms with van der Waals surface area (Å²) in [6.45, 7) is 0. The average molecular weight is 154 g/mol. The van der Waals surface area contributed by atoms with Crippen LogP contribution in [-0.2, 0) is 19.1 Å². The Balaban J connectivity index is 4.06. The standard InChI is InChI=1S/C3H6O5S/c1-8-9(6,7)2-3(4)5/h2H2,1H3,(H,4,5). The minimum atomic E-state index is -3.82. The Labute approximate surface area is 52.4 Å². The molecule has 0 amide bonds. The molecule has 0 aliphatic carbocycles. The molecule has 0 aromatic rings. The van der Waals surface area contributed by atoms with Crippen LogP contribution in [-0.4, -0.2) is 32.4 Å². The Kier molecular flexibility index (Phi) is 2.60. The molecule has 54 valence electrons. The second-order valence-electron chi connectivity index (χ2n) is 1.26. The number of rotatable bonds is 3. The molecule has 5 nitrogen and oxygen atoms in total. The molecule has 0 heterocycles. The summed E-state index contributed by atoms with van der Waals surface area (Å²) < 4.78 is 24.3. The summed E-state index contributed by atoms with van der Waals surface area (Å²) in [6.07, 6.45) is 0. The Hall–Kier alpha value is -0.620. The van der Waals surface area contributed by atoms with Crippen molar-refractivity contribution < 1.29 is 22.5 Å². The van der Waals surface area contributed by atoms with Gasteiger partial charge in [-0.05, 0) is 0 Å². The lowest BCUT2D eigenvalue weighted by molar-refractivity contribution is -0.134. The average Bonchev–Trinajstić information content (AvgIpc) is 1.63. The summed E-state index contributed by atoms with van der Waals surface area (Å²) in [6, 6.07) is 0. The van der Waals surface area contributed by atoms with E-state index in [1.54, 1.807) is 0 Å². The van der Waals surface area contributed by atoms with E-state index in [1.807, 2.05) is 0 Å². The molecule has 0 rings (SSSR count). The van der Waals surface area contributed by atoms with Gasteiger partial charge < -0.3 is 5.11 Å². The number of carbonyl (C=O) groups is 1. The third-order valence-electron chi connectivity index (χ3n) is 0.554. The first-order valence-corrected chi connectivity index (χ1v) is 3.56. The lowest BCUT2D eigenvalue weighted by Gasteiger charge is -1.93. The van der Waals surface area contributed by atoms with Crippen molar-refractivity contribution >= 4 is 16.1 Å². The third kappa shape index (κ3) is 3.92. The second-order valence-corrected chi connectivity index (χ2v) is 3.00. The molecule has 0 atom stereocenters. The zero-order valence-corrected chi connectivity index (χ0v) is 5.51. The SMILES string of the molecule is COS(=O)(=O)CC(=O)O. The number of carboxylic acid groups (broad SMARTS) is 1. The van der Waals surface area contributed by atoms with Gasteiger partial charge in [0.05, 0.1) is 7.11 Å². The Bertz CT molecular complexity index is 190. The molecule has 0 aliphatic heterocycles. The van der Waals surface area contributed by atoms with Crippen molar-refractivity contribution in [3.63, 3.8) is 0 Å². The molecule has 6 heteroatoms. The van der Waals surface area contributed by atoms with E-state index in [0.29, 0.717) is 0 Å². The topological polar surface area (TPSA) is 80.7 Å². The highest BCUT2D eigenvalue weighted by atomic mass is 32.2. The van der Waals surface area contributed by atoms with Gasteiger partial charge in [0, 0.05) is 0 Å². The summed E-state index contributed by atoms with van der Waals surface area (Å²) in [5.74, 6) is -2.40. The molecule has 0 fully saturated rings. The first kappa shape index (κ1) is 8.38. The molecule has 0 saturated carbocycles. The Morgan fingerprint density at radius 3 is 2.22 bits per heavy atom. The number of aliphatic carboxylic acids is 1. The summed E-state index contributed by atoms with van der Waals surface area (Å²) >= 11 is 0. The summed E-state index contributed by atoms with van der Waals surface area (Å²) in [5.41, 5.74) is 0. The first-order valence-electron chi connectivity index (χ1n) is 1.98. The molecule has 0 bridgehead atoms. The van der Waals surface area contributed by atoms with Crippen LogP contribution < -0.4 is 0 Å². The minimum absolute atomic E-state index is 0.915. The highest BCUT2D eigenvalue weighted by molar-refractivity contribution is 7.87. The van der Waals surface area contributed by atoms with Crippen LogP contribution in [0.4, 0.5) is 0 Å². The van der Waals surface area contributed by atoms with Crippen molar-refractivity contribution in [3.8, 4) is 0 Å². The second kappa shape index (κ2) is 2.79. The molecule has 0 aliphatic rings. The summed E-state index contributed by atoms with van der Waals surface area (Å²) in [5, 5.41) is 7.92. The van der Waals surface area contributed by atoms with Crippen LogP contribution in [0.1, 0.15) is 0 Å². The van der Waals surface area contributed by atoms with Gasteiger partial charge in [-0.1, -0.05) is 0 Å². The van der Waals surface area contributed by atoms with Crippen LogP contribution in [0.2, 0.25) is 0 Å². The highest BCUT2D eigenvalue weighted by Gasteiger charge is 2.13. The predicted molar refractivity (Wildman–Crippen MR) is 28.4 cm³/mol. The van der Waals surface area contributed by atoms with Gasteiger partial charge in [0.15, 0.2) is 5.75 Å². The van der Waals surface area contributed by atoms with Crippen LogP contribution >= 0.6 is 0 Å². The van der Waals surface area contributed by atoms with E-state index in [1.165, 1.54) is 0 Å². The van der Waals surface area contributed by atoms with Crippen molar-refractivity contribution in [2.75, 3.05) is 12.9 Å². The number of hydrogen-bond acceptors (Lipinski definition) is 4. The van der Waals surface area contributed by atoms with Gasteiger partial charge >= 0.3 is 5.97 Å². The molecular formula is C3H6O5S. The van der Waals surface area contributed by atoms with Gasteiger partial charge in [0.1, 0.15) is 0 Å². The van der Waals surface area contributed by atoms with Crippen molar-refractivity contribution in [1.82, 2.24) is 0 Å². The lowest BCUT2D eigenvalue weighted by Crippen LogP contribution is -2.15. The fraction of sp³-hybridized carbons (Fsp3) is 0.667. The molecule has 0 radical (unpaired) electrons. The van der Waals surface area contributed by atoms with E-state index < -0.39 is 21.8 Å². The summed E-state index contributed by atoms with van der Waals surface area (Å²) in [4.78, 5) is 9.71. The molecule has 9 heavy (non-hydrogen) atoms. The largest absolute Gasteiger partial charge is 0.480 e. The molecule has 1 N–H and O–H groups in total. The van der Waals surface area contributed by atoms with Crippen LogP contribution in [0.25, 0.3) is 0 Å². The van der Waals surface area contributed by atoms with Gasteiger partial charge in [-0.15, -0.1) is 0 Å². The fourth-order valence-corrected chi connectivity index (χ4v) is 0.630. The Morgan fingerprint density at radius 1 is 1.67 bits per heavy atom. The van der Waals surface area contributed by atoms with E-state index in [4.69, 9.17) is 5.11 Å². The van der Waals surface area contributed by atoms with E-state index in [9.17, 15) is 13.2 Å². The van der Waals surface area contributed by atoms with E-state index >= 15 is 0 Å². The quantitative estimate of drug-likeness (QED) is 0.530. The van der Waals surface area contributed by atoms with Gasteiger partial charge in [-0.2, -0.15) is 8.42 Å². The molecular weight excluding hydrogens is 148 g/mol. The fourth-order valence-electron chi connectivity index (χ4n) is 0.210. The van der Waals surface area contributed by atoms with E-state index in [2.05, 4.69) is 4.18 Å². The minimum Gasteiger partial charge on any atom is -0.480 e. The van der Waals surface area contributed by atoms with Gasteiger partial charge in [0.2, 0.25) is 0 Å². The molecule has 0 aromatic heterocycles.